The summed E-state index contributed by atoms with van der Waals surface area (Å²) in [6.45, 7) is 6.02. The topological polar surface area (TPSA) is 18.5 Å². The lowest BCUT2D eigenvalue weighted by molar-refractivity contribution is 0.307. The molecular formula is C26H34O2. The molecule has 0 radical (unpaired) electrons. The molecule has 3 rings (SSSR count). The Labute approximate surface area is 169 Å². The van der Waals surface area contributed by atoms with E-state index in [4.69, 9.17) is 9.47 Å². The summed E-state index contributed by atoms with van der Waals surface area (Å²) in [6, 6.07) is 17.0. The minimum atomic E-state index is 0.769. The molecule has 0 amide bonds. The number of rotatable bonds is 12. The molecule has 3 aromatic rings. The normalized spacial score (nSPS) is 11.2. The van der Waals surface area contributed by atoms with Crippen LogP contribution in [-0.2, 0) is 0 Å². The van der Waals surface area contributed by atoms with E-state index in [0.717, 1.165) is 59.1 Å². The second-order valence-corrected chi connectivity index (χ2v) is 7.57. The van der Waals surface area contributed by atoms with Crippen molar-refractivity contribution in [3.8, 4) is 11.5 Å². The van der Waals surface area contributed by atoms with Crippen LogP contribution in [0.1, 0.15) is 65.2 Å². The van der Waals surface area contributed by atoms with Crippen LogP contribution in [0.5, 0.6) is 11.5 Å². The fourth-order valence-electron chi connectivity index (χ4n) is 3.77. The van der Waals surface area contributed by atoms with Crippen molar-refractivity contribution in [3.63, 3.8) is 0 Å². The first kappa shape index (κ1) is 20.5. The molecule has 0 atom stereocenters. The van der Waals surface area contributed by atoms with Crippen LogP contribution in [-0.4, -0.2) is 13.2 Å². The van der Waals surface area contributed by atoms with Crippen LogP contribution in [0.25, 0.3) is 21.5 Å². The van der Waals surface area contributed by atoms with E-state index >= 15 is 0 Å². The van der Waals surface area contributed by atoms with Gasteiger partial charge in [-0.25, -0.2) is 0 Å². The Morgan fingerprint density at radius 3 is 1.18 bits per heavy atom. The molecule has 0 fully saturated rings. The summed E-state index contributed by atoms with van der Waals surface area (Å²) in [5.41, 5.74) is 0. The third kappa shape index (κ3) is 4.98. The summed E-state index contributed by atoms with van der Waals surface area (Å²) in [6.07, 6.45) is 9.70. The average Bonchev–Trinajstić information content (AvgIpc) is 2.74. The Bertz CT molecular complexity index is 740. The summed E-state index contributed by atoms with van der Waals surface area (Å²) >= 11 is 0. The summed E-state index contributed by atoms with van der Waals surface area (Å²) in [7, 11) is 0. The van der Waals surface area contributed by atoms with Crippen LogP contribution in [0.4, 0.5) is 0 Å². The van der Waals surface area contributed by atoms with Gasteiger partial charge in [-0.1, -0.05) is 101 Å². The third-order valence-corrected chi connectivity index (χ3v) is 5.32. The van der Waals surface area contributed by atoms with Crippen LogP contribution in [0.2, 0.25) is 0 Å². The number of fused-ring (bicyclic) bond motifs is 2. The summed E-state index contributed by atoms with van der Waals surface area (Å²) < 4.78 is 12.7. The maximum Gasteiger partial charge on any atom is 0.135 e. The minimum absolute atomic E-state index is 0.769. The molecule has 2 heteroatoms. The molecule has 0 heterocycles. The summed E-state index contributed by atoms with van der Waals surface area (Å²) in [5, 5.41) is 4.61. The number of hydrogen-bond donors (Lipinski definition) is 0. The zero-order valence-electron chi connectivity index (χ0n) is 17.5. The fourth-order valence-corrected chi connectivity index (χ4v) is 3.77. The third-order valence-electron chi connectivity index (χ3n) is 5.32. The number of ether oxygens (including phenoxy) is 2. The monoisotopic (exact) mass is 378 g/mol. The maximum atomic E-state index is 6.34. The van der Waals surface area contributed by atoms with Gasteiger partial charge in [0.05, 0.1) is 13.2 Å². The van der Waals surface area contributed by atoms with Crippen LogP contribution >= 0.6 is 0 Å². The number of hydrogen-bond acceptors (Lipinski definition) is 2. The molecule has 0 aliphatic carbocycles. The van der Waals surface area contributed by atoms with Crippen LogP contribution < -0.4 is 9.47 Å². The molecule has 0 saturated heterocycles. The number of unbranched alkanes of at least 4 members (excludes halogenated alkanes) is 6. The zero-order valence-corrected chi connectivity index (χ0v) is 17.5. The van der Waals surface area contributed by atoms with Gasteiger partial charge in [-0.15, -0.1) is 0 Å². The highest BCUT2D eigenvalue weighted by Crippen LogP contribution is 2.42. The number of benzene rings is 3. The van der Waals surface area contributed by atoms with E-state index in [-0.39, 0.29) is 0 Å². The molecule has 0 saturated carbocycles. The van der Waals surface area contributed by atoms with Gasteiger partial charge in [0.2, 0.25) is 0 Å². The van der Waals surface area contributed by atoms with Gasteiger partial charge in [0, 0.05) is 21.5 Å². The van der Waals surface area contributed by atoms with Gasteiger partial charge in [-0.3, -0.25) is 0 Å². The van der Waals surface area contributed by atoms with Crippen molar-refractivity contribution in [1.29, 1.82) is 0 Å². The lowest BCUT2D eigenvalue weighted by Gasteiger charge is -2.18. The van der Waals surface area contributed by atoms with E-state index < -0.39 is 0 Å². The molecule has 0 spiro atoms. The smallest absolute Gasteiger partial charge is 0.135 e. The van der Waals surface area contributed by atoms with E-state index in [0.29, 0.717) is 0 Å². The summed E-state index contributed by atoms with van der Waals surface area (Å²) in [4.78, 5) is 0. The highest BCUT2D eigenvalue weighted by Gasteiger charge is 2.15. The second kappa shape index (κ2) is 10.9. The molecule has 0 bridgehead atoms. The Kier molecular flexibility index (Phi) is 8.02. The SMILES string of the molecule is CCCCCCOc1c2ccccc2c(OCCCCCC)c2ccccc12. The fraction of sp³-hybridized carbons (Fsp3) is 0.462. The molecule has 0 aromatic heterocycles. The van der Waals surface area contributed by atoms with Crippen molar-refractivity contribution in [2.24, 2.45) is 0 Å². The van der Waals surface area contributed by atoms with Crippen molar-refractivity contribution in [2.45, 2.75) is 65.2 Å². The van der Waals surface area contributed by atoms with Gasteiger partial charge in [-0.05, 0) is 12.8 Å². The standard InChI is InChI=1S/C26H34O2/c1-3-5-7-13-19-27-25-21-15-9-11-17-23(21)26(28-20-14-8-6-4-2)24-18-12-10-16-22(24)25/h9-12,15-18H,3-8,13-14,19-20H2,1-2H3. The van der Waals surface area contributed by atoms with E-state index in [1.165, 1.54) is 38.5 Å². The molecule has 0 unspecified atom stereocenters. The van der Waals surface area contributed by atoms with Crippen LogP contribution in [0, 0.1) is 0 Å². The van der Waals surface area contributed by atoms with Crippen molar-refractivity contribution in [1.82, 2.24) is 0 Å². The Balaban J connectivity index is 1.91. The zero-order chi connectivity index (χ0) is 19.6. The van der Waals surface area contributed by atoms with Crippen molar-refractivity contribution < 1.29 is 9.47 Å². The summed E-state index contributed by atoms with van der Waals surface area (Å²) in [5.74, 6) is 2.00. The molecule has 0 N–H and O–H groups in total. The second-order valence-electron chi connectivity index (χ2n) is 7.57. The predicted octanol–water partition coefficient (Wildman–Crippen LogP) is 7.91. The molecule has 0 aliphatic rings. The quantitative estimate of drug-likeness (QED) is 0.235. The highest BCUT2D eigenvalue weighted by molar-refractivity contribution is 6.11. The van der Waals surface area contributed by atoms with Gasteiger partial charge in [0.25, 0.3) is 0 Å². The van der Waals surface area contributed by atoms with Crippen LogP contribution in [0.3, 0.4) is 0 Å². The van der Waals surface area contributed by atoms with E-state index in [2.05, 4.69) is 62.4 Å². The molecular weight excluding hydrogens is 344 g/mol. The lowest BCUT2D eigenvalue weighted by atomic mass is 10.0. The first-order valence-electron chi connectivity index (χ1n) is 11.1. The Hall–Kier alpha value is -2.22. The van der Waals surface area contributed by atoms with E-state index in [1.807, 2.05) is 0 Å². The highest BCUT2D eigenvalue weighted by atomic mass is 16.5. The van der Waals surface area contributed by atoms with Crippen molar-refractivity contribution >= 4 is 21.5 Å². The van der Waals surface area contributed by atoms with E-state index in [9.17, 15) is 0 Å². The molecule has 2 nitrogen and oxygen atoms in total. The van der Waals surface area contributed by atoms with Gasteiger partial charge in [0.15, 0.2) is 0 Å². The van der Waals surface area contributed by atoms with Crippen molar-refractivity contribution in [3.05, 3.63) is 48.5 Å². The maximum absolute atomic E-state index is 6.34. The Morgan fingerprint density at radius 2 is 0.857 bits per heavy atom. The Morgan fingerprint density at radius 1 is 0.500 bits per heavy atom. The molecule has 3 aromatic carbocycles. The van der Waals surface area contributed by atoms with Gasteiger partial charge in [0.1, 0.15) is 11.5 Å². The van der Waals surface area contributed by atoms with E-state index in [1.54, 1.807) is 0 Å². The van der Waals surface area contributed by atoms with Crippen LogP contribution in [0.15, 0.2) is 48.5 Å². The minimum Gasteiger partial charge on any atom is -0.492 e. The first-order valence-corrected chi connectivity index (χ1v) is 11.1. The van der Waals surface area contributed by atoms with Gasteiger partial charge < -0.3 is 9.47 Å². The molecule has 28 heavy (non-hydrogen) atoms. The van der Waals surface area contributed by atoms with Gasteiger partial charge in [-0.2, -0.15) is 0 Å². The molecule has 0 aliphatic heterocycles. The van der Waals surface area contributed by atoms with Gasteiger partial charge >= 0.3 is 0 Å². The van der Waals surface area contributed by atoms with Crippen molar-refractivity contribution in [2.75, 3.05) is 13.2 Å². The lowest BCUT2D eigenvalue weighted by Crippen LogP contribution is -2.02. The largest absolute Gasteiger partial charge is 0.492 e. The average molecular weight is 379 g/mol. The first-order chi connectivity index (χ1) is 13.9. The predicted molar refractivity (Wildman–Crippen MR) is 121 cm³/mol. The molecule has 150 valence electrons.